The summed E-state index contributed by atoms with van der Waals surface area (Å²) in [6.45, 7) is 0. The highest BCUT2D eigenvalue weighted by Crippen LogP contribution is 2.33. The van der Waals surface area contributed by atoms with Gasteiger partial charge in [0.1, 0.15) is 23.7 Å². The first-order valence-electron chi connectivity index (χ1n) is 5.64. The van der Waals surface area contributed by atoms with Crippen molar-refractivity contribution in [3.8, 4) is 5.88 Å². The first kappa shape index (κ1) is 11.4. The topological polar surface area (TPSA) is 55.2 Å². The van der Waals surface area contributed by atoms with Crippen molar-refractivity contribution in [2.45, 2.75) is 18.6 Å². The average Bonchev–Trinajstić information content (AvgIpc) is 2.67. The maximum atomic E-state index is 10.2. The predicted molar refractivity (Wildman–Crippen MR) is 66.6 cm³/mol. The van der Waals surface area contributed by atoms with Crippen molar-refractivity contribution in [2.24, 2.45) is 0 Å². The summed E-state index contributed by atoms with van der Waals surface area (Å²) >= 11 is 5.76. The molecule has 0 aliphatic heterocycles. The monoisotopic (exact) mass is 262 g/mol. The Labute approximate surface area is 109 Å². The van der Waals surface area contributed by atoms with Gasteiger partial charge in [-0.05, 0) is 11.1 Å². The zero-order valence-electron chi connectivity index (χ0n) is 9.45. The molecule has 92 valence electrons. The SMILES string of the molecule is O[C@@H]1c2ccccc2C[C@@H]1Oc1cc(Cl)ncn1. The minimum atomic E-state index is -0.630. The first-order chi connectivity index (χ1) is 8.74. The number of rotatable bonds is 2. The Kier molecular flexibility index (Phi) is 2.89. The maximum absolute atomic E-state index is 10.2. The van der Waals surface area contributed by atoms with E-state index in [0.717, 1.165) is 11.1 Å². The van der Waals surface area contributed by atoms with Gasteiger partial charge in [0.05, 0.1) is 0 Å². The Morgan fingerprint density at radius 2 is 2.11 bits per heavy atom. The van der Waals surface area contributed by atoms with Crippen LogP contribution >= 0.6 is 11.6 Å². The van der Waals surface area contributed by atoms with Crippen molar-refractivity contribution in [1.29, 1.82) is 0 Å². The molecule has 0 fully saturated rings. The van der Waals surface area contributed by atoms with E-state index in [1.54, 1.807) is 0 Å². The normalized spacial score (nSPS) is 21.7. The van der Waals surface area contributed by atoms with Crippen LogP contribution in [0.4, 0.5) is 0 Å². The van der Waals surface area contributed by atoms with Crippen molar-refractivity contribution < 1.29 is 9.84 Å². The summed E-state index contributed by atoms with van der Waals surface area (Å²) < 4.78 is 5.67. The molecule has 1 N–H and O–H groups in total. The third kappa shape index (κ3) is 2.05. The van der Waals surface area contributed by atoms with E-state index in [1.165, 1.54) is 12.4 Å². The van der Waals surface area contributed by atoms with Gasteiger partial charge < -0.3 is 9.84 Å². The van der Waals surface area contributed by atoms with Crippen molar-refractivity contribution in [1.82, 2.24) is 9.97 Å². The minimum absolute atomic E-state index is 0.324. The molecule has 0 unspecified atom stereocenters. The number of benzene rings is 1. The highest BCUT2D eigenvalue weighted by atomic mass is 35.5. The minimum Gasteiger partial charge on any atom is -0.471 e. The standard InChI is InChI=1S/C13H11ClN2O2/c14-11-6-12(16-7-15-11)18-10-5-8-3-1-2-4-9(8)13(10)17/h1-4,6-7,10,13,17H,5H2/t10-,13+/m0/s1. The van der Waals surface area contributed by atoms with Crippen LogP contribution in [-0.2, 0) is 6.42 Å². The molecule has 2 atom stereocenters. The molecule has 1 aromatic heterocycles. The molecule has 5 heteroatoms. The van der Waals surface area contributed by atoms with Gasteiger partial charge in [0.15, 0.2) is 0 Å². The molecule has 0 amide bonds. The number of hydrogen-bond acceptors (Lipinski definition) is 4. The third-order valence-corrected chi connectivity index (χ3v) is 3.23. The van der Waals surface area contributed by atoms with Crippen LogP contribution in [0.1, 0.15) is 17.2 Å². The molecule has 18 heavy (non-hydrogen) atoms. The zero-order valence-corrected chi connectivity index (χ0v) is 10.2. The van der Waals surface area contributed by atoms with Crippen molar-refractivity contribution in [3.63, 3.8) is 0 Å². The van der Waals surface area contributed by atoms with Gasteiger partial charge in [-0.15, -0.1) is 0 Å². The number of halogens is 1. The molecule has 4 nitrogen and oxygen atoms in total. The van der Waals surface area contributed by atoms with E-state index in [1.807, 2.05) is 24.3 Å². The molecule has 3 rings (SSSR count). The number of aliphatic hydroxyl groups excluding tert-OH is 1. The molecule has 0 saturated heterocycles. The lowest BCUT2D eigenvalue weighted by atomic mass is 10.1. The molecule has 0 spiro atoms. The highest BCUT2D eigenvalue weighted by Gasteiger charge is 2.32. The van der Waals surface area contributed by atoms with E-state index in [2.05, 4.69) is 9.97 Å². The molecule has 2 aromatic rings. The maximum Gasteiger partial charge on any atom is 0.218 e. The molecule has 1 aromatic carbocycles. The van der Waals surface area contributed by atoms with Gasteiger partial charge in [0.25, 0.3) is 0 Å². The second kappa shape index (κ2) is 4.55. The number of ether oxygens (including phenoxy) is 1. The summed E-state index contributed by atoms with van der Waals surface area (Å²) in [6.07, 6.45) is 1.05. The fraction of sp³-hybridized carbons (Fsp3) is 0.231. The fourth-order valence-electron chi connectivity index (χ4n) is 2.18. The van der Waals surface area contributed by atoms with Gasteiger partial charge in [-0.1, -0.05) is 35.9 Å². The summed E-state index contributed by atoms with van der Waals surface area (Å²) in [7, 11) is 0. The van der Waals surface area contributed by atoms with Crippen LogP contribution in [0.3, 0.4) is 0 Å². The van der Waals surface area contributed by atoms with E-state index >= 15 is 0 Å². The number of hydrogen-bond donors (Lipinski definition) is 1. The zero-order chi connectivity index (χ0) is 12.5. The van der Waals surface area contributed by atoms with Crippen LogP contribution in [0.15, 0.2) is 36.7 Å². The smallest absolute Gasteiger partial charge is 0.218 e. The Balaban J connectivity index is 1.81. The van der Waals surface area contributed by atoms with Crippen LogP contribution in [0, 0.1) is 0 Å². The Morgan fingerprint density at radius 3 is 2.89 bits per heavy atom. The van der Waals surface area contributed by atoms with E-state index < -0.39 is 6.10 Å². The second-order valence-corrected chi connectivity index (χ2v) is 4.57. The van der Waals surface area contributed by atoms with Crippen LogP contribution < -0.4 is 4.74 Å². The lowest BCUT2D eigenvalue weighted by molar-refractivity contribution is 0.0464. The lowest BCUT2D eigenvalue weighted by Gasteiger charge is -2.16. The predicted octanol–water partition coefficient (Wildman–Crippen LogP) is 2.17. The molecular weight excluding hydrogens is 252 g/mol. The molecule has 0 bridgehead atoms. The molecule has 1 aliphatic carbocycles. The van der Waals surface area contributed by atoms with Gasteiger partial charge in [0, 0.05) is 12.5 Å². The number of aliphatic hydroxyl groups is 1. The van der Waals surface area contributed by atoms with Gasteiger partial charge in [-0.25, -0.2) is 9.97 Å². The molecular formula is C13H11ClN2O2. The van der Waals surface area contributed by atoms with E-state index in [4.69, 9.17) is 16.3 Å². The van der Waals surface area contributed by atoms with Crippen molar-refractivity contribution in [2.75, 3.05) is 0 Å². The number of aromatic nitrogens is 2. The quantitative estimate of drug-likeness (QED) is 0.843. The van der Waals surface area contributed by atoms with E-state index in [-0.39, 0.29) is 6.10 Å². The van der Waals surface area contributed by atoms with E-state index in [9.17, 15) is 5.11 Å². The lowest BCUT2D eigenvalue weighted by Crippen LogP contribution is -2.22. The van der Waals surface area contributed by atoms with Gasteiger partial charge >= 0.3 is 0 Å². The van der Waals surface area contributed by atoms with Crippen molar-refractivity contribution in [3.05, 3.63) is 52.9 Å². The summed E-state index contributed by atoms with van der Waals surface area (Å²) in [6, 6.07) is 9.31. The highest BCUT2D eigenvalue weighted by molar-refractivity contribution is 6.29. The molecule has 0 saturated carbocycles. The molecule has 1 aliphatic rings. The average molecular weight is 263 g/mol. The van der Waals surface area contributed by atoms with Gasteiger partial charge in [-0.3, -0.25) is 0 Å². The summed E-state index contributed by atoms with van der Waals surface area (Å²) in [5.74, 6) is 0.381. The fourth-order valence-corrected chi connectivity index (χ4v) is 2.32. The van der Waals surface area contributed by atoms with Gasteiger partial charge in [-0.2, -0.15) is 0 Å². The molecule has 0 radical (unpaired) electrons. The Hall–Kier alpha value is -1.65. The third-order valence-electron chi connectivity index (χ3n) is 3.03. The Bertz CT molecular complexity index is 576. The summed E-state index contributed by atoms with van der Waals surface area (Å²) in [5, 5.41) is 10.5. The number of fused-ring (bicyclic) bond motifs is 1. The summed E-state index contributed by atoms with van der Waals surface area (Å²) in [4.78, 5) is 7.76. The second-order valence-electron chi connectivity index (χ2n) is 4.18. The van der Waals surface area contributed by atoms with Crippen LogP contribution in [-0.4, -0.2) is 21.2 Å². The van der Waals surface area contributed by atoms with Crippen LogP contribution in [0.5, 0.6) is 5.88 Å². The van der Waals surface area contributed by atoms with Gasteiger partial charge in [0.2, 0.25) is 5.88 Å². The largest absolute Gasteiger partial charge is 0.471 e. The first-order valence-corrected chi connectivity index (χ1v) is 6.02. The summed E-state index contributed by atoms with van der Waals surface area (Å²) in [5.41, 5.74) is 2.03. The molecule has 1 heterocycles. The van der Waals surface area contributed by atoms with Crippen molar-refractivity contribution >= 4 is 11.6 Å². The van der Waals surface area contributed by atoms with E-state index in [0.29, 0.717) is 17.5 Å². The van der Waals surface area contributed by atoms with Crippen LogP contribution in [0.25, 0.3) is 0 Å². The Morgan fingerprint density at radius 1 is 1.28 bits per heavy atom. The van der Waals surface area contributed by atoms with Crippen LogP contribution in [0.2, 0.25) is 5.15 Å². The number of nitrogens with zero attached hydrogens (tertiary/aromatic N) is 2.